The molecule has 6 rings (SSSR count). The van der Waals surface area contributed by atoms with Gasteiger partial charge in [-0.25, -0.2) is 13.6 Å². The van der Waals surface area contributed by atoms with Gasteiger partial charge < -0.3 is 30.0 Å². The highest BCUT2D eigenvalue weighted by Gasteiger charge is 2.25. The van der Waals surface area contributed by atoms with Crippen molar-refractivity contribution in [3.05, 3.63) is 105 Å². The van der Waals surface area contributed by atoms with E-state index in [1.165, 1.54) is 29.9 Å². The fourth-order valence-electron chi connectivity index (χ4n) is 6.25. The molecule has 0 bridgehead atoms. The van der Waals surface area contributed by atoms with Crippen LogP contribution in [0.25, 0.3) is 44.3 Å². The van der Waals surface area contributed by atoms with E-state index in [-0.39, 0.29) is 63.4 Å². The number of phenols is 1. The number of aromatic carboxylic acids is 1. The molecule has 1 aliphatic carbocycles. The Labute approximate surface area is 293 Å². The highest BCUT2D eigenvalue weighted by molar-refractivity contribution is 6.09. The number of methoxy groups -OCH3 is 1. The first-order chi connectivity index (χ1) is 24.9. The molecule has 52 heavy (non-hydrogen) atoms. The van der Waals surface area contributed by atoms with E-state index >= 15 is 0 Å². The molecule has 4 aromatic rings. The average molecular weight is 712 g/mol. The maximum Gasteiger partial charge on any atom is 0.336 e. The van der Waals surface area contributed by atoms with Crippen molar-refractivity contribution in [2.75, 3.05) is 20.2 Å². The first-order valence-corrected chi connectivity index (χ1v) is 16.1. The maximum absolute atomic E-state index is 14.6. The lowest BCUT2D eigenvalue weighted by Gasteiger charge is -2.18. The fraction of sp³-hybridized carbons (Fsp3) is 0.184. The number of nitrogens with one attached hydrogen (secondary N) is 2. The number of phenolic OH excluding ortho intramolecular Hbond substituents is 1. The molecule has 0 saturated carbocycles. The van der Waals surface area contributed by atoms with Gasteiger partial charge in [0.15, 0.2) is 17.4 Å². The number of amides is 2. The van der Waals surface area contributed by atoms with Gasteiger partial charge in [0.1, 0.15) is 17.1 Å². The molecule has 266 valence electrons. The summed E-state index contributed by atoms with van der Waals surface area (Å²) in [7, 11) is 1.53. The lowest BCUT2D eigenvalue weighted by atomic mass is 9.89. The fourth-order valence-corrected chi connectivity index (χ4v) is 6.25. The molecule has 3 aromatic carbocycles. The van der Waals surface area contributed by atoms with Crippen molar-refractivity contribution in [1.29, 1.82) is 0 Å². The van der Waals surface area contributed by atoms with Gasteiger partial charge in [0.05, 0.1) is 24.6 Å². The van der Waals surface area contributed by atoms with E-state index in [0.29, 0.717) is 48.3 Å². The lowest BCUT2D eigenvalue weighted by molar-refractivity contribution is -0.120. The third kappa shape index (κ3) is 6.65. The smallest absolute Gasteiger partial charge is 0.336 e. The minimum absolute atomic E-state index is 0.0260. The monoisotopic (exact) mass is 711 g/mol. The van der Waals surface area contributed by atoms with Gasteiger partial charge in [-0.05, 0) is 79.4 Å². The second-order valence-corrected chi connectivity index (χ2v) is 12.0. The van der Waals surface area contributed by atoms with Crippen molar-refractivity contribution in [1.82, 2.24) is 15.2 Å². The Balaban J connectivity index is 1.15. The van der Waals surface area contributed by atoms with E-state index < -0.39 is 34.7 Å². The van der Waals surface area contributed by atoms with Crippen molar-refractivity contribution in [3.8, 4) is 33.9 Å². The zero-order valence-corrected chi connectivity index (χ0v) is 27.8. The van der Waals surface area contributed by atoms with Gasteiger partial charge in [0.2, 0.25) is 17.7 Å². The Morgan fingerprint density at radius 3 is 2.38 bits per heavy atom. The number of carboxylic acid groups (broad SMARTS) is 1. The highest BCUT2D eigenvalue weighted by atomic mass is 19.1. The van der Waals surface area contributed by atoms with Crippen LogP contribution < -0.4 is 20.8 Å². The number of rotatable bonds is 12. The normalized spacial score (nSPS) is 11.2. The number of unbranched alkanes of at least 4 members (excludes halogenated alkanes) is 1. The first-order valence-electron chi connectivity index (χ1n) is 16.1. The third-order valence-electron chi connectivity index (χ3n) is 8.86. The predicted molar refractivity (Wildman–Crippen MR) is 187 cm³/mol. The molecule has 0 saturated heterocycles. The van der Waals surface area contributed by atoms with Crippen molar-refractivity contribution in [2.24, 2.45) is 0 Å². The topological polar surface area (TPSA) is 177 Å². The molecule has 14 heteroatoms. The summed E-state index contributed by atoms with van der Waals surface area (Å²) in [6.07, 6.45) is 1.72. The van der Waals surface area contributed by atoms with Crippen LogP contribution in [-0.2, 0) is 16.0 Å². The summed E-state index contributed by atoms with van der Waals surface area (Å²) >= 11 is 0. The van der Waals surface area contributed by atoms with Gasteiger partial charge in [-0.1, -0.05) is 0 Å². The summed E-state index contributed by atoms with van der Waals surface area (Å²) in [5.41, 5.74) is 0.474. The summed E-state index contributed by atoms with van der Waals surface area (Å²) < 4.78 is 41.6. The molecule has 4 N–H and O–H groups in total. The summed E-state index contributed by atoms with van der Waals surface area (Å²) in [5.74, 6) is -4.75. The summed E-state index contributed by atoms with van der Waals surface area (Å²) in [6, 6.07) is 12.6. The van der Waals surface area contributed by atoms with Crippen molar-refractivity contribution in [2.45, 2.75) is 26.2 Å². The van der Waals surface area contributed by atoms with Crippen molar-refractivity contribution >= 4 is 46.1 Å². The number of fused-ring (bicyclic) bond motifs is 3. The standard InChI is InChI=1S/C38H31F2N3O9/c1-19-23(24-12-21(51-2)6-8-30(24)43(19)18-44)15-35(47)41-9-3-4-10-42-37(48)20-5-7-22(38(49)50)25(11-20)36-26-13-28(39)31(45)16-33(26)52-34-17-32(46)29(40)14-27(34)36/h5-8,11-14,16-18,45H,3-4,9-10,15H2,1-2H3,(H,41,47)(H,42,48)(H,49,50). The molecule has 2 amide bonds. The number of hydrogen-bond acceptors (Lipinski definition) is 8. The van der Waals surface area contributed by atoms with E-state index in [2.05, 4.69) is 10.6 Å². The van der Waals surface area contributed by atoms with Crippen molar-refractivity contribution < 1.29 is 47.3 Å². The molecule has 0 fully saturated rings. The van der Waals surface area contributed by atoms with Gasteiger partial charge in [-0.15, -0.1) is 0 Å². The van der Waals surface area contributed by atoms with E-state index in [4.69, 9.17) is 9.15 Å². The molecule has 1 aromatic heterocycles. The van der Waals surface area contributed by atoms with Gasteiger partial charge in [0.25, 0.3) is 5.91 Å². The van der Waals surface area contributed by atoms with E-state index in [0.717, 1.165) is 29.7 Å². The molecule has 0 atom stereocenters. The maximum atomic E-state index is 14.6. The molecule has 12 nitrogen and oxygen atoms in total. The van der Waals surface area contributed by atoms with E-state index in [1.807, 2.05) is 0 Å². The number of carbonyl (C=O) groups excluding carboxylic acids is 3. The first kappa shape index (κ1) is 35.3. The lowest BCUT2D eigenvalue weighted by Crippen LogP contribution is -2.28. The molecular weight excluding hydrogens is 680 g/mol. The van der Waals surface area contributed by atoms with E-state index in [1.54, 1.807) is 25.1 Å². The number of aromatic nitrogens is 1. The molecule has 0 unspecified atom stereocenters. The van der Waals surface area contributed by atoms with E-state index in [9.17, 15) is 43.0 Å². The number of carbonyl (C=O) groups is 4. The summed E-state index contributed by atoms with van der Waals surface area (Å²) in [5, 5.41) is 26.3. The Bertz CT molecular complexity index is 2450. The second kappa shape index (κ2) is 14.3. The van der Waals surface area contributed by atoms with Crippen molar-refractivity contribution in [3.63, 3.8) is 0 Å². The minimum atomic E-state index is -1.39. The average Bonchev–Trinajstić information content (AvgIpc) is 3.38. The predicted octanol–water partition coefficient (Wildman–Crippen LogP) is 5.43. The number of aromatic hydroxyl groups is 1. The summed E-state index contributed by atoms with van der Waals surface area (Å²) in [6.45, 7) is 2.28. The van der Waals surface area contributed by atoms with Crippen LogP contribution in [0.15, 0.2) is 69.9 Å². The number of carboxylic acids is 1. The van der Waals surface area contributed by atoms with Crippen LogP contribution in [0.2, 0.25) is 0 Å². The number of nitrogens with zero attached hydrogens (tertiary/aromatic N) is 1. The largest absolute Gasteiger partial charge is 0.505 e. The van der Waals surface area contributed by atoms with Crippen LogP contribution in [0.1, 0.15) is 44.8 Å². The highest BCUT2D eigenvalue weighted by Crippen LogP contribution is 2.43. The van der Waals surface area contributed by atoms with Crippen LogP contribution in [0.5, 0.6) is 11.5 Å². The van der Waals surface area contributed by atoms with Gasteiger partial charge in [-0.3, -0.25) is 23.7 Å². The molecular formula is C38H31F2N3O9. The van der Waals surface area contributed by atoms with Gasteiger partial charge >= 0.3 is 5.97 Å². The third-order valence-corrected chi connectivity index (χ3v) is 8.86. The van der Waals surface area contributed by atoms with Gasteiger partial charge in [0, 0.05) is 58.4 Å². The Morgan fingerprint density at radius 2 is 1.67 bits per heavy atom. The summed E-state index contributed by atoms with van der Waals surface area (Å²) in [4.78, 5) is 62.1. The number of ether oxygens (including phenoxy) is 1. The Morgan fingerprint density at radius 1 is 0.923 bits per heavy atom. The quantitative estimate of drug-likeness (QED) is 0.0733. The van der Waals surface area contributed by atoms with Crippen LogP contribution in [0.4, 0.5) is 8.78 Å². The number of hydrogen-bond donors (Lipinski definition) is 4. The molecule has 2 aliphatic rings. The number of halogens is 2. The van der Waals surface area contributed by atoms with Gasteiger partial charge in [-0.2, -0.15) is 0 Å². The van der Waals surface area contributed by atoms with Crippen LogP contribution >= 0.6 is 0 Å². The SMILES string of the molecule is COc1ccc2c(c1)c(CC(=O)NCCCCNC(=O)c1ccc(C(=O)O)c(-c3c4cc(F)c(=O)cc-4oc4cc(O)c(F)cc34)c1)c(C)n2C=O. The number of benzene rings is 4. The molecule has 1 aliphatic heterocycles. The zero-order chi connectivity index (χ0) is 37.3. The Kier molecular flexibility index (Phi) is 9.73. The minimum Gasteiger partial charge on any atom is -0.505 e. The second-order valence-electron chi connectivity index (χ2n) is 12.0. The van der Waals surface area contributed by atoms with Crippen LogP contribution in [-0.4, -0.2) is 59.2 Å². The molecule has 2 heterocycles. The molecule has 0 spiro atoms. The van der Waals surface area contributed by atoms with Crippen LogP contribution in [0, 0.1) is 18.6 Å². The Hall–Kier alpha value is -6.57. The molecule has 0 radical (unpaired) electrons. The van der Waals surface area contributed by atoms with Crippen LogP contribution in [0.3, 0.4) is 0 Å². The zero-order valence-electron chi connectivity index (χ0n) is 27.8.